The number of ether oxygens (including phenoxy) is 1. The SMILES string of the molecule is CCO/C(=C/C=O)c1ccc(Cl)cc1. The van der Waals surface area contributed by atoms with Gasteiger partial charge in [-0.25, -0.2) is 0 Å². The van der Waals surface area contributed by atoms with Gasteiger partial charge in [-0.05, 0) is 31.2 Å². The highest BCUT2D eigenvalue weighted by Gasteiger charge is 2.00. The molecule has 74 valence electrons. The lowest BCUT2D eigenvalue weighted by Crippen LogP contribution is -1.91. The summed E-state index contributed by atoms with van der Waals surface area (Å²) < 4.78 is 5.30. The van der Waals surface area contributed by atoms with Gasteiger partial charge >= 0.3 is 0 Å². The second kappa shape index (κ2) is 5.45. The van der Waals surface area contributed by atoms with Crippen molar-refractivity contribution in [3.05, 3.63) is 40.9 Å². The van der Waals surface area contributed by atoms with Crippen LogP contribution in [0.25, 0.3) is 5.76 Å². The van der Waals surface area contributed by atoms with Gasteiger partial charge in [0.1, 0.15) is 12.0 Å². The van der Waals surface area contributed by atoms with Crippen molar-refractivity contribution in [2.75, 3.05) is 6.61 Å². The third-order valence-electron chi connectivity index (χ3n) is 1.65. The molecular weight excluding hydrogens is 200 g/mol. The maximum Gasteiger partial charge on any atom is 0.146 e. The van der Waals surface area contributed by atoms with Crippen molar-refractivity contribution in [2.45, 2.75) is 6.92 Å². The monoisotopic (exact) mass is 210 g/mol. The molecule has 0 aromatic heterocycles. The molecule has 0 aliphatic rings. The van der Waals surface area contributed by atoms with Crippen molar-refractivity contribution in [3.63, 3.8) is 0 Å². The van der Waals surface area contributed by atoms with Crippen LogP contribution in [0, 0.1) is 0 Å². The molecule has 0 saturated heterocycles. The Morgan fingerprint density at radius 1 is 1.43 bits per heavy atom. The second-order valence-electron chi connectivity index (χ2n) is 2.61. The molecule has 0 bridgehead atoms. The molecule has 0 amide bonds. The van der Waals surface area contributed by atoms with E-state index in [9.17, 15) is 4.79 Å². The number of aldehydes is 1. The maximum atomic E-state index is 10.3. The Morgan fingerprint density at radius 2 is 2.07 bits per heavy atom. The van der Waals surface area contributed by atoms with Gasteiger partial charge < -0.3 is 4.74 Å². The molecule has 2 nitrogen and oxygen atoms in total. The van der Waals surface area contributed by atoms with Crippen LogP contribution < -0.4 is 0 Å². The van der Waals surface area contributed by atoms with Crippen LogP contribution in [0.15, 0.2) is 30.3 Å². The largest absolute Gasteiger partial charge is 0.493 e. The van der Waals surface area contributed by atoms with E-state index in [0.717, 1.165) is 5.56 Å². The Labute approximate surface area is 88.1 Å². The summed E-state index contributed by atoms with van der Waals surface area (Å²) in [5.74, 6) is 0.569. The summed E-state index contributed by atoms with van der Waals surface area (Å²) in [4.78, 5) is 10.3. The normalized spacial score (nSPS) is 11.1. The number of halogens is 1. The summed E-state index contributed by atoms with van der Waals surface area (Å²) in [5.41, 5.74) is 0.850. The maximum absolute atomic E-state index is 10.3. The van der Waals surface area contributed by atoms with Crippen molar-refractivity contribution in [2.24, 2.45) is 0 Å². The van der Waals surface area contributed by atoms with E-state index in [-0.39, 0.29) is 0 Å². The highest BCUT2D eigenvalue weighted by molar-refractivity contribution is 6.30. The fourth-order valence-electron chi connectivity index (χ4n) is 1.06. The summed E-state index contributed by atoms with van der Waals surface area (Å²) in [7, 11) is 0. The smallest absolute Gasteiger partial charge is 0.146 e. The Hall–Kier alpha value is -1.28. The van der Waals surface area contributed by atoms with Gasteiger partial charge in [0, 0.05) is 16.7 Å². The number of rotatable bonds is 4. The van der Waals surface area contributed by atoms with Crippen LogP contribution >= 0.6 is 11.6 Å². The van der Waals surface area contributed by atoms with E-state index >= 15 is 0 Å². The van der Waals surface area contributed by atoms with Crippen LogP contribution in [0.4, 0.5) is 0 Å². The molecule has 1 rings (SSSR count). The predicted octanol–water partition coefficient (Wildman–Crippen LogP) is 2.92. The van der Waals surface area contributed by atoms with Gasteiger partial charge in [0.25, 0.3) is 0 Å². The van der Waals surface area contributed by atoms with E-state index in [2.05, 4.69) is 0 Å². The number of allylic oxidation sites excluding steroid dienone is 1. The fraction of sp³-hybridized carbons (Fsp3) is 0.182. The first-order valence-corrected chi connectivity index (χ1v) is 4.70. The van der Waals surface area contributed by atoms with Crippen molar-refractivity contribution in [1.29, 1.82) is 0 Å². The van der Waals surface area contributed by atoms with Crippen LogP contribution in [-0.2, 0) is 9.53 Å². The first-order chi connectivity index (χ1) is 6.77. The molecule has 0 fully saturated rings. The summed E-state index contributed by atoms with van der Waals surface area (Å²) in [5, 5.41) is 0.663. The van der Waals surface area contributed by atoms with Crippen LogP contribution in [0.1, 0.15) is 12.5 Å². The molecule has 1 aromatic carbocycles. The zero-order chi connectivity index (χ0) is 10.4. The first kappa shape index (κ1) is 10.8. The van der Waals surface area contributed by atoms with Gasteiger partial charge in [0.05, 0.1) is 6.61 Å². The minimum absolute atomic E-state index is 0.530. The van der Waals surface area contributed by atoms with Gasteiger partial charge in [0.15, 0.2) is 0 Å². The molecule has 0 radical (unpaired) electrons. The van der Waals surface area contributed by atoms with Crippen LogP contribution in [0.2, 0.25) is 5.02 Å². The third kappa shape index (κ3) is 2.89. The molecule has 0 spiro atoms. The Bertz CT molecular complexity index is 328. The lowest BCUT2D eigenvalue weighted by molar-refractivity contribution is -0.104. The summed E-state index contributed by atoms with van der Waals surface area (Å²) in [6.45, 7) is 2.40. The van der Waals surface area contributed by atoms with Crippen LogP contribution in [-0.4, -0.2) is 12.9 Å². The van der Waals surface area contributed by atoms with Crippen molar-refractivity contribution < 1.29 is 9.53 Å². The zero-order valence-corrected chi connectivity index (χ0v) is 8.62. The average molecular weight is 211 g/mol. The molecule has 3 heteroatoms. The quantitative estimate of drug-likeness (QED) is 0.434. The molecule has 1 aromatic rings. The summed E-state index contributed by atoms with van der Waals surface area (Å²) in [6.07, 6.45) is 2.10. The molecule has 0 saturated carbocycles. The summed E-state index contributed by atoms with van der Waals surface area (Å²) in [6, 6.07) is 7.14. The van der Waals surface area contributed by atoms with E-state index in [1.54, 1.807) is 12.1 Å². The molecule has 0 aliphatic carbocycles. The number of carbonyl (C=O) groups is 1. The second-order valence-corrected chi connectivity index (χ2v) is 3.04. The van der Waals surface area contributed by atoms with E-state index in [4.69, 9.17) is 16.3 Å². The minimum Gasteiger partial charge on any atom is -0.493 e. The van der Waals surface area contributed by atoms with E-state index in [0.29, 0.717) is 23.7 Å². The van der Waals surface area contributed by atoms with Crippen LogP contribution in [0.3, 0.4) is 0 Å². The number of hydrogen-bond donors (Lipinski definition) is 0. The van der Waals surface area contributed by atoms with Gasteiger partial charge in [-0.15, -0.1) is 0 Å². The third-order valence-corrected chi connectivity index (χ3v) is 1.90. The van der Waals surface area contributed by atoms with Gasteiger partial charge in [-0.1, -0.05) is 11.6 Å². The standard InChI is InChI=1S/C11H11ClO2/c1-2-14-11(7-8-13)9-3-5-10(12)6-4-9/h3-8H,2H2,1H3/b11-7+. The molecule has 14 heavy (non-hydrogen) atoms. The highest BCUT2D eigenvalue weighted by atomic mass is 35.5. The Morgan fingerprint density at radius 3 is 2.57 bits per heavy atom. The van der Waals surface area contributed by atoms with Crippen LogP contribution in [0.5, 0.6) is 0 Å². The molecule has 0 N–H and O–H groups in total. The lowest BCUT2D eigenvalue weighted by Gasteiger charge is -2.07. The molecule has 0 unspecified atom stereocenters. The molecule has 0 heterocycles. The van der Waals surface area contributed by atoms with E-state index in [1.165, 1.54) is 6.08 Å². The summed E-state index contributed by atoms with van der Waals surface area (Å²) >= 11 is 5.74. The van der Waals surface area contributed by atoms with E-state index < -0.39 is 0 Å². The van der Waals surface area contributed by atoms with Gasteiger partial charge in [-0.3, -0.25) is 4.79 Å². The number of hydrogen-bond acceptors (Lipinski definition) is 2. The Balaban J connectivity index is 2.93. The highest BCUT2D eigenvalue weighted by Crippen LogP contribution is 2.17. The molecule has 0 aliphatic heterocycles. The van der Waals surface area contributed by atoms with Gasteiger partial charge in [-0.2, -0.15) is 0 Å². The van der Waals surface area contributed by atoms with Crippen molar-refractivity contribution >= 4 is 23.6 Å². The zero-order valence-electron chi connectivity index (χ0n) is 7.87. The van der Waals surface area contributed by atoms with Gasteiger partial charge in [0.2, 0.25) is 0 Å². The van der Waals surface area contributed by atoms with Crippen molar-refractivity contribution in [3.8, 4) is 0 Å². The lowest BCUT2D eigenvalue weighted by atomic mass is 10.2. The minimum atomic E-state index is 0.530. The molecule has 0 atom stereocenters. The topological polar surface area (TPSA) is 26.3 Å². The Kier molecular flexibility index (Phi) is 4.20. The van der Waals surface area contributed by atoms with E-state index in [1.807, 2.05) is 19.1 Å². The van der Waals surface area contributed by atoms with Crippen molar-refractivity contribution in [1.82, 2.24) is 0 Å². The molecular formula is C11H11ClO2. The predicted molar refractivity (Wildman–Crippen MR) is 57.1 cm³/mol. The fourth-order valence-corrected chi connectivity index (χ4v) is 1.19. The number of carbonyl (C=O) groups excluding carboxylic acids is 1. The first-order valence-electron chi connectivity index (χ1n) is 4.32. The number of benzene rings is 1. The average Bonchev–Trinajstić information content (AvgIpc) is 2.19.